The molecule has 1 aromatic rings. The predicted molar refractivity (Wildman–Crippen MR) is 56.8 cm³/mol. The van der Waals surface area contributed by atoms with E-state index in [2.05, 4.69) is 25.1 Å². The second-order valence-electron chi connectivity index (χ2n) is 3.91. The van der Waals surface area contributed by atoms with Gasteiger partial charge < -0.3 is 0 Å². The molecule has 0 N–H and O–H groups in total. The third-order valence-corrected chi connectivity index (χ3v) is 2.88. The van der Waals surface area contributed by atoms with E-state index in [0.717, 1.165) is 6.42 Å². The fraction of sp³-hybridized carbons (Fsp3) is 0.462. The summed E-state index contributed by atoms with van der Waals surface area (Å²) in [7, 11) is 0. The van der Waals surface area contributed by atoms with E-state index < -0.39 is 0 Å². The Morgan fingerprint density at radius 1 is 1.15 bits per heavy atom. The number of hydrogen-bond acceptors (Lipinski definition) is 0. The summed E-state index contributed by atoms with van der Waals surface area (Å²) in [6.45, 7) is 3.87. The van der Waals surface area contributed by atoms with Crippen LogP contribution in [0.25, 0.3) is 0 Å². The number of rotatable bonds is 3. The summed E-state index contributed by atoms with van der Waals surface area (Å²) in [5.74, 6) is 0. The van der Waals surface area contributed by atoms with Gasteiger partial charge in [-0.15, -0.1) is 0 Å². The Kier molecular flexibility index (Phi) is 2.68. The van der Waals surface area contributed by atoms with Crippen molar-refractivity contribution in [1.82, 2.24) is 0 Å². The highest BCUT2D eigenvalue weighted by atomic mass is 14.1. The van der Waals surface area contributed by atoms with E-state index in [1.165, 1.54) is 37.7 Å². The maximum absolute atomic E-state index is 3.87. The third-order valence-electron chi connectivity index (χ3n) is 2.88. The number of fused-ring (bicyclic) bond motifs is 1. The normalized spacial score (nSPS) is 14.5. The average molecular weight is 173 g/mol. The van der Waals surface area contributed by atoms with Gasteiger partial charge in [0.1, 0.15) is 0 Å². The van der Waals surface area contributed by atoms with Crippen molar-refractivity contribution < 1.29 is 0 Å². The minimum Gasteiger partial charge on any atom is -0.0588 e. The number of hydrogen-bond donors (Lipinski definition) is 0. The number of aryl methyl sites for hydroxylation is 3. The highest BCUT2D eigenvalue weighted by molar-refractivity contribution is 5.35. The van der Waals surface area contributed by atoms with Gasteiger partial charge in [-0.2, -0.15) is 0 Å². The van der Waals surface area contributed by atoms with Gasteiger partial charge in [-0.05, 0) is 48.8 Å². The molecule has 0 heteroatoms. The van der Waals surface area contributed by atoms with Crippen LogP contribution in [0.2, 0.25) is 0 Å². The highest BCUT2D eigenvalue weighted by Gasteiger charge is 2.09. The van der Waals surface area contributed by atoms with Crippen molar-refractivity contribution in [2.24, 2.45) is 0 Å². The minimum absolute atomic E-state index is 1.05. The first kappa shape index (κ1) is 8.80. The molecule has 0 saturated carbocycles. The van der Waals surface area contributed by atoms with Crippen molar-refractivity contribution in [3.05, 3.63) is 41.8 Å². The zero-order valence-electron chi connectivity index (χ0n) is 8.18. The van der Waals surface area contributed by atoms with Crippen LogP contribution in [0.4, 0.5) is 0 Å². The van der Waals surface area contributed by atoms with E-state index in [-0.39, 0.29) is 0 Å². The second-order valence-corrected chi connectivity index (χ2v) is 3.91. The van der Waals surface area contributed by atoms with Gasteiger partial charge in [0, 0.05) is 0 Å². The van der Waals surface area contributed by atoms with E-state index in [1.807, 2.05) is 0 Å². The van der Waals surface area contributed by atoms with Crippen LogP contribution in [-0.2, 0) is 19.3 Å². The van der Waals surface area contributed by atoms with Crippen LogP contribution in [0.15, 0.2) is 18.2 Å². The Morgan fingerprint density at radius 2 is 2.00 bits per heavy atom. The Morgan fingerprint density at radius 3 is 2.85 bits per heavy atom. The molecule has 0 heterocycles. The molecule has 0 unspecified atom stereocenters. The van der Waals surface area contributed by atoms with E-state index >= 15 is 0 Å². The van der Waals surface area contributed by atoms with E-state index in [1.54, 1.807) is 11.1 Å². The SMILES string of the molecule is [CH2]CCCc1ccc2c(c1)CCC2. The molecule has 13 heavy (non-hydrogen) atoms. The fourth-order valence-electron chi connectivity index (χ4n) is 2.11. The minimum atomic E-state index is 1.05. The summed E-state index contributed by atoms with van der Waals surface area (Å²) >= 11 is 0. The van der Waals surface area contributed by atoms with E-state index in [0.29, 0.717) is 0 Å². The van der Waals surface area contributed by atoms with Crippen molar-refractivity contribution in [2.75, 3.05) is 0 Å². The second kappa shape index (κ2) is 3.95. The summed E-state index contributed by atoms with van der Waals surface area (Å²) < 4.78 is 0. The van der Waals surface area contributed by atoms with Gasteiger partial charge in [0.2, 0.25) is 0 Å². The summed E-state index contributed by atoms with van der Waals surface area (Å²) in [6.07, 6.45) is 7.43. The van der Waals surface area contributed by atoms with Gasteiger partial charge in [-0.3, -0.25) is 0 Å². The molecule has 0 aromatic heterocycles. The molecule has 0 saturated heterocycles. The predicted octanol–water partition coefficient (Wildman–Crippen LogP) is 3.33. The quantitative estimate of drug-likeness (QED) is 0.657. The van der Waals surface area contributed by atoms with Crippen molar-refractivity contribution in [1.29, 1.82) is 0 Å². The summed E-state index contributed by atoms with van der Waals surface area (Å²) in [4.78, 5) is 0. The maximum Gasteiger partial charge on any atom is -0.0273 e. The lowest BCUT2D eigenvalue weighted by Gasteiger charge is -2.03. The fourth-order valence-corrected chi connectivity index (χ4v) is 2.11. The lowest BCUT2D eigenvalue weighted by molar-refractivity contribution is 0.839. The van der Waals surface area contributed by atoms with Crippen LogP contribution in [0.1, 0.15) is 36.0 Å². The van der Waals surface area contributed by atoms with Gasteiger partial charge in [0.25, 0.3) is 0 Å². The van der Waals surface area contributed by atoms with Gasteiger partial charge >= 0.3 is 0 Å². The first-order chi connectivity index (χ1) is 6.40. The zero-order valence-corrected chi connectivity index (χ0v) is 8.18. The van der Waals surface area contributed by atoms with Crippen LogP contribution >= 0.6 is 0 Å². The molecular formula is C13H17. The Hall–Kier alpha value is -0.780. The van der Waals surface area contributed by atoms with Gasteiger partial charge in [0.05, 0.1) is 0 Å². The first-order valence-electron chi connectivity index (χ1n) is 5.30. The summed E-state index contributed by atoms with van der Waals surface area (Å²) in [5, 5.41) is 0. The van der Waals surface area contributed by atoms with Crippen molar-refractivity contribution in [3.8, 4) is 0 Å². The monoisotopic (exact) mass is 173 g/mol. The molecule has 0 nitrogen and oxygen atoms in total. The number of benzene rings is 1. The molecular weight excluding hydrogens is 156 g/mol. The summed E-state index contributed by atoms with van der Waals surface area (Å²) in [6, 6.07) is 7.01. The van der Waals surface area contributed by atoms with Gasteiger partial charge in [0.15, 0.2) is 0 Å². The smallest absolute Gasteiger partial charge is 0.0273 e. The standard InChI is InChI=1S/C13H17/c1-2-3-5-11-8-9-12-6-4-7-13(12)10-11/h8-10H,1-7H2. The van der Waals surface area contributed by atoms with Crippen molar-refractivity contribution in [3.63, 3.8) is 0 Å². The largest absolute Gasteiger partial charge is 0.0588 e. The van der Waals surface area contributed by atoms with E-state index in [9.17, 15) is 0 Å². The van der Waals surface area contributed by atoms with Crippen LogP contribution in [-0.4, -0.2) is 0 Å². The molecule has 0 bridgehead atoms. The third kappa shape index (κ3) is 1.93. The van der Waals surface area contributed by atoms with Crippen LogP contribution in [0, 0.1) is 6.92 Å². The Bertz CT molecular complexity index is 286. The molecule has 0 fully saturated rings. The van der Waals surface area contributed by atoms with Crippen LogP contribution in [0.5, 0.6) is 0 Å². The van der Waals surface area contributed by atoms with Gasteiger partial charge in [-0.1, -0.05) is 31.5 Å². The first-order valence-corrected chi connectivity index (χ1v) is 5.30. The molecule has 69 valence electrons. The molecule has 1 aliphatic carbocycles. The molecule has 1 radical (unpaired) electrons. The molecule has 0 spiro atoms. The van der Waals surface area contributed by atoms with Crippen LogP contribution in [0.3, 0.4) is 0 Å². The Labute approximate surface area is 81.0 Å². The molecule has 2 rings (SSSR count). The highest BCUT2D eigenvalue weighted by Crippen LogP contribution is 2.23. The average Bonchev–Trinajstić information content (AvgIpc) is 2.61. The molecule has 1 aliphatic rings. The van der Waals surface area contributed by atoms with Crippen molar-refractivity contribution >= 4 is 0 Å². The van der Waals surface area contributed by atoms with E-state index in [4.69, 9.17) is 0 Å². The molecule has 0 atom stereocenters. The van der Waals surface area contributed by atoms with Gasteiger partial charge in [-0.25, -0.2) is 0 Å². The molecule has 0 aliphatic heterocycles. The van der Waals surface area contributed by atoms with Crippen LogP contribution < -0.4 is 0 Å². The molecule has 1 aromatic carbocycles. The topological polar surface area (TPSA) is 0 Å². The maximum atomic E-state index is 3.87. The lowest BCUT2D eigenvalue weighted by atomic mass is 10.0. The zero-order chi connectivity index (χ0) is 9.10. The van der Waals surface area contributed by atoms with Crippen molar-refractivity contribution in [2.45, 2.75) is 38.5 Å². The molecule has 0 amide bonds. The Balaban J connectivity index is 2.12. The number of unbranched alkanes of at least 4 members (excludes halogenated alkanes) is 1. The summed E-state index contributed by atoms with van der Waals surface area (Å²) in [5.41, 5.74) is 4.68. The lowest BCUT2D eigenvalue weighted by Crippen LogP contribution is -1.88.